The third-order valence-electron chi connectivity index (χ3n) is 5.78. The molecule has 2 atom stereocenters. The van der Waals surface area contributed by atoms with E-state index in [-0.39, 0.29) is 24.4 Å². The van der Waals surface area contributed by atoms with E-state index in [1.54, 1.807) is 4.90 Å². The number of nitrogens with one attached hydrogen (secondary N) is 2. The first kappa shape index (κ1) is 18.7. The number of nitrogens with zero attached hydrogens (tertiary/aromatic N) is 1. The van der Waals surface area contributed by atoms with E-state index in [0.717, 1.165) is 12.1 Å². The first-order valence-corrected chi connectivity index (χ1v) is 10.1. The minimum Gasteiger partial charge on any atom is -0.323 e. The second-order valence-corrected chi connectivity index (χ2v) is 7.84. The van der Waals surface area contributed by atoms with Crippen molar-refractivity contribution in [2.75, 3.05) is 16.8 Å². The largest absolute Gasteiger partial charge is 0.323 e. The topological polar surface area (TPSA) is 61.4 Å². The lowest BCUT2D eigenvalue weighted by molar-refractivity contribution is -0.123. The number of carbonyl (C=O) groups excluding carboxylic acids is 2. The quantitative estimate of drug-likeness (QED) is 0.856. The van der Waals surface area contributed by atoms with Crippen molar-refractivity contribution in [1.82, 2.24) is 5.32 Å². The van der Waals surface area contributed by atoms with Crippen molar-refractivity contribution < 1.29 is 9.59 Å². The van der Waals surface area contributed by atoms with Gasteiger partial charge >= 0.3 is 0 Å². The van der Waals surface area contributed by atoms with Gasteiger partial charge < -0.3 is 5.32 Å². The van der Waals surface area contributed by atoms with Crippen LogP contribution >= 0.6 is 0 Å². The Kier molecular flexibility index (Phi) is 5.18. The van der Waals surface area contributed by atoms with Crippen LogP contribution in [-0.4, -0.2) is 24.4 Å². The maximum Gasteiger partial charge on any atom is 0.244 e. The highest BCUT2D eigenvalue weighted by Gasteiger charge is 2.30. The van der Waals surface area contributed by atoms with E-state index in [4.69, 9.17) is 0 Å². The van der Waals surface area contributed by atoms with Gasteiger partial charge in [-0.25, -0.2) is 0 Å². The predicted molar refractivity (Wildman–Crippen MR) is 112 cm³/mol. The van der Waals surface area contributed by atoms with Crippen LogP contribution < -0.4 is 15.5 Å². The molecule has 1 aliphatic heterocycles. The van der Waals surface area contributed by atoms with Crippen LogP contribution in [0.15, 0.2) is 42.5 Å². The standard InChI is InChI=1S/C23H27N3O2/c1-15(18-12-11-17-7-3-4-8-19(17)13-18)24-16(2)23(28)26-14-22(27)25-20-9-5-6-10-21(20)26/h5-6,9-13,15-16,24H,3-4,7-8,14H2,1-2H3,(H,25,27)/t15-,16-/m1/s1. The predicted octanol–water partition coefficient (Wildman–Crippen LogP) is 3.59. The molecular weight excluding hydrogens is 350 g/mol. The van der Waals surface area contributed by atoms with E-state index in [1.165, 1.54) is 36.0 Å². The maximum absolute atomic E-state index is 13.1. The monoisotopic (exact) mass is 377 g/mol. The van der Waals surface area contributed by atoms with Gasteiger partial charge in [-0.2, -0.15) is 0 Å². The number of hydrogen-bond acceptors (Lipinski definition) is 3. The summed E-state index contributed by atoms with van der Waals surface area (Å²) in [6.07, 6.45) is 4.84. The summed E-state index contributed by atoms with van der Waals surface area (Å²) in [7, 11) is 0. The Labute approximate surface area is 166 Å². The van der Waals surface area contributed by atoms with E-state index in [1.807, 2.05) is 31.2 Å². The molecule has 0 saturated carbocycles. The van der Waals surface area contributed by atoms with Gasteiger partial charge in [-0.15, -0.1) is 0 Å². The first-order chi connectivity index (χ1) is 13.5. The minimum absolute atomic E-state index is 0.0507. The number of hydrogen-bond donors (Lipinski definition) is 2. The zero-order valence-corrected chi connectivity index (χ0v) is 16.5. The van der Waals surface area contributed by atoms with Crippen LogP contribution in [0.3, 0.4) is 0 Å². The molecule has 0 radical (unpaired) electrons. The molecule has 0 unspecified atom stereocenters. The molecule has 5 nitrogen and oxygen atoms in total. The van der Waals surface area contributed by atoms with Crippen molar-refractivity contribution >= 4 is 23.2 Å². The molecule has 1 aliphatic carbocycles. The minimum atomic E-state index is -0.398. The number of fused-ring (bicyclic) bond motifs is 2. The Morgan fingerprint density at radius 3 is 2.64 bits per heavy atom. The van der Waals surface area contributed by atoms with Crippen molar-refractivity contribution in [3.05, 3.63) is 59.2 Å². The van der Waals surface area contributed by atoms with Crippen LogP contribution in [0.5, 0.6) is 0 Å². The summed E-state index contributed by atoms with van der Waals surface area (Å²) >= 11 is 0. The van der Waals surface area contributed by atoms with Gasteiger partial charge in [0.2, 0.25) is 11.8 Å². The van der Waals surface area contributed by atoms with Crippen LogP contribution in [-0.2, 0) is 22.4 Å². The average molecular weight is 377 g/mol. The summed E-state index contributed by atoms with van der Waals surface area (Å²) in [5, 5.41) is 6.25. The fourth-order valence-corrected chi connectivity index (χ4v) is 4.23. The number of rotatable bonds is 4. The van der Waals surface area contributed by atoms with Crippen LogP contribution in [0.25, 0.3) is 0 Å². The van der Waals surface area contributed by atoms with Crippen LogP contribution in [0.4, 0.5) is 11.4 Å². The number of aryl methyl sites for hydroxylation is 2. The molecule has 2 aromatic carbocycles. The lowest BCUT2D eigenvalue weighted by atomic mass is 9.89. The lowest BCUT2D eigenvalue weighted by Gasteiger charge is -2.32. The molecule has 0 spiro atoms. The molecule has 2 aliphatic rings. The number of anilines is 2. The number of amides is 2. The Bertz CT molecular complexity index is 908. The van der Waals surface area contributed by atoms with Crippen molar-refractivity contribution in [3.63, 3.8) is 0 Å². The Morgan fingerprint density at radius 1 is 1.07 bits per heavy atom. The van der Waals surface area contributed by atoms with Gasteiger partial charge in [-0.05, 0) is 68.4 Å². The second kappa shape index (κ2) is 7.76. The zero-order valence-electron chi connectivity index (χ0n) is 16.5. The second-order valence-electron chi connectivity index (χ2n) is 7.84. The van der Waals surface area contributed by atoms with E-state index in [0.29, 0.717) is 5.69 Å². The van der Waals surface area contributed by atoms with Crippen LogP contribution in [0.1, 0.15) is 49.4 Å². The number of carbonyl (C=O) groups is 2. The summed E-state index contributed by atoms with van der Waals surface area (Å²) in [6, 6.07) is 13.8. The Hall–Kier alpha value is -2.66. The maximum atomic E-state index is 13.1. The molecule has 0 saturated heterocycles. The molecule has 2 aromatic rings. The third kappa shape index (κ3) is 3.67. The summed E-state index contributed by atoms with van der Waals surface area (Å²) in [5.74, 6) is -0.255. The van der Waals surface area contributed by atoms with Gasteiger partial charge in [0.25, 0.3) is 0 Å². The smallest absolute Gasteiger partial charge is 0.244 e. The number of benzene rings is 2. The van der Waals surface area contributed by atoms with E-state index >= 15 is 0 Å². The summed E-state index contributed by atoms with van der Waals surface area (Å²) in [5.41, 5.74) is 5.54. The molecule has 28 heavy (non-hydrogen) atoms. The lowest BCUT2D eigenvalue weighted by Crippen LogP contribution is -2.50. The Balaban J connectivity index is 1.48. The molecule has 2 amide bonds. The van der Waals surface area contributed by atoms with E-state index < -0.39 is 6.04 Å². The van der Waals surface area contributed by atoms with Crippen molar-refractivity contribution in [3.8, 4) is 0 Å². The molecule has 2 N–H and O–H groups in total. The van der Waals surface area contributed by atoms with Gasteiger partial charge in [0.1, 0.15) is 6.54 Å². The van der Waals surface area contributed by atoms with Crippen molar-refractivity contribution in [1.29, 1.82) is 0 Å². The summed E-state index contributed by atoms with van der Waals surface area (Å²) < 4.78 is 0. The van der Waals surface area contributed by atoms with E-state index in [9.17, 15) is 9.59 Å². The number of para-hydroxylation sites is 2. The van der Waals surface area contributed by atoms with Crippen LogP contribution in [0.2, 0.25) is 0 Å². The highest BCUT2D eigenvalue weighted by molar-refractivity contribution is 6.11. The van der Waals surface area contributed by atoms with Crippen LogP contribution in [0, 0.1) is 0 Å². The molecule has 0 fully saturated rings. The average Bonchev–Trinajstić information content (AvgIpc) is 2.72. The fourth-order valence-electron chi connectivity index (χ4n) is 4.23. The highest BCUT2D eigenvalue weighted by atomic mass is 16.2. The van der Waals surface area contributed by atoms with Gasteiger partial charge in [-0.1, -0.05) is 30.3 Å². The van der Waals surface area contributed by atoms with Gasteiger partial charge in [0, 0.05) is 6.04 Å². The SMILES string of the molecule is C[C@@H](N[C@H](C)c1ccc2c(c1)CCCC2)C(=O)N1CC(=O)Nc2ccccc21. The van der Waals surface area contributed by atoms with Gasteiger partial charge in [0.05, 0.1) is 17.4 Å². The van der Waals surface area contributed by atoms with E-state index in [2.05, 4.69) is 35.8 Å². The highest BCUT2D eigenvalue weighted by Crippen LogP contribution is 2.30. The fraction of sp³-hybridized carbons (Fsp3) is 0.391. The normalized spacial score (nSPS) is 17.9. The molecular formula is C23H27N3O2. The first-order valence-electron chi connectivity index (χ1n) is 10.1. The molecule has 0 bridgehead atoms. The third-order valence-corrected chi connectivity index (χ3v) is 5.78. The van der Waals surface area contributed by atoms with Gasteiger partial charge in [0.15, 0.2) is 0 Å². The molecule has 5 heteroatoms. The molecule has 4 rings (SSSR count). The molecule has 0 aromatic heterocycles. The zero-order chi connectivity index (χ0) is 19.7. The molecule has 146 valence electrons. The van der Waals surface area contributed by atoms with Gasteiger partial charge in [-0.3, -0.25) is 19.8 Å². The van der Waals surface area contributed by atoms with Crippen molar-refractivity contribution in [2.45, 2.75) is 51.6 Å². The van der Waals surface area contributed by atoms with Crippen molar-refractivity contribution in [2.24, 2.45) is 0 Å². The Morgan fingerprint density at radius 2 is 1.82 bits per heavy atom. The summed E-state index contributed by atoms with van der Waals surface area (Å²) in [6.45, 7) is 4.01. The molecule has 1 heterocycles. The summed E-state index contributed by atoms with van der Waals surface area (Å²) in [4.78, 5) is 26.7.